The van der Waals surface area contributed by atoms with E-state index in [0.717, 1.165) is 12.0 Å². The first-order chi connectivity index (χ1) is 15.4. The molecule has 0 saturated carbocycles. The van der Waals surface area contributed by atoms with Gasteiger partial charge < -0.3 is 10.5 Å². The smallest absolute Gasteiger partial charge is 0.330 e. The molecule has 0 spiro atoms. The molecule has 0 aliphatic heterocycles. The van der Waals surface area contributed by atoms with Gasteiger partial charge in [0.2, 0.25) is 0 Å². The van der Waals surface area contributed by atoms with Crippen LogP contribution in [0.25, 0.3) is 0 Å². The van der Waals surface area contributed by atoms with E-state index in [0.29, 0.717) is 23.7 Å². The van der Waals surface area contributed by atoms with Gasteiger partial charge >= 0.3 is 5.69 Å². The Morgan fingerprint density at radius 2 is 1.81 bits per heavy atom. The molecule has 0 fully saturated rings. The Bertz CT molecular complexity index is 1190. The van der Waals surface area contributed by atoms with Gasteiger partial charge in [0.05, 0.1) is 11.6 Å². The molecule has 3 N–H and O–H groups in total. The van der Waals surface area contributed by atoms with Crippen molar-refractivity contribution in [1.82, 2.24) is 9.55 Å². The summed E-state index contributed by atoms with van der Waals surface area (Å²) in [6.45, 7) is 2.01. The van der Waals surface area contributed by atoms with Crippen molar-refractivity contribution in [3.63, 3.8) is 0 Å². The van der Waals surface area contributed by atoms with Crippen molar-refractivity contribution in [1.29, 1.82) is 0 Å². The molecule has 9 heteroatoms. The largest absolute Gasteiger partial charge is 0.482 e. The van der Waals surface area contributed by atoms with Crippen molar-refractivity contribution in [2.75, 3.05) is 17.2 Å². The van der Waals surface area contributed by atoms with Gasteiger partial charge in [-0.05, 0) is 24.1 Å². The monoisotopic (exact) mass is 456 g/mol. The van der Waals surface area contributed by atoms with Crippen LogP contribution in [0.3, 0.4) is 0 Å². The molecule has 0 saturated heterocycles. The molecule has 2 aromatic carbocycles. The molecule has 3 aromatic rings. The lowest BCUT2D eigenvalue weighted by molar-refractivity contribution is -0.120. The molecule has 32 heavy (non-hydrogen) atoms. The number of halogens is 1. The number of rotatable bonds is 9. The van der Waals surface area contributed by atoms with Crippen LogP contribution in [0.4, 0.5) is 11.5 Å². The minimum Gasteiger partial charge on any atom is -0.482 e. The number of anilines is 2. The van der Waals surface area contributed by atoms with Crippen molar-refractivity contribution in [3.8, 4) is 5.75 Å². The van der Waals surface area contributed by atoms with Crippen LogP contribution in [-0.4, -0.2) is 22.1 Å². The number of nitrogen functional groups attached to an aromatic ring is 1. The van der Waals surface area contributed by atoms with Gasteiger partial charge in [-0.15, -0.1) is 0 Å². The summed E-state index contributed by atoms with van der Waals surface area (Å²) in [6.07, 6.45) is 1.52. The van der Waals surface area contributed by atoms with E-state index in [1.54, 1.807) is 24.3 Å². The van der Waals surface area contributed by atoms with Gasteiger partial charge in [0.15, 0.2) is 12.3 Å². The fourth-order valence-corrected chi connectivity index (χ4v) is 3.40. The molecule has 0 unspecified atom stereocenters. The fourth-order valence-electron chi connectivity index (χ4n) is 3.21. The third kappa shape index (κ3) is 5.39. The second-order valence-corrected chi connectivity index (χ2v) is 7.59. The molecule has 3 rings (SSSR count). The topological polar surface area (TPSA) is 110 Å². The summed E-state index contributed by atoms with van der Waals surface area (Å²) < 4.78 is 6.87. The van der Waals surface area contributed by atoms with E-state index >= 15 is 0 Å². The van der Waals surface area contributed by atoms with Gasteiger partial charge in [-0.1, -0.05) is 67.4 Å². The molecule has 0 bridgehead atoms. The molecule has 0 aliphatic rings. The first-order valence-corrected chi connectivity index (χ1v) is 10.6. The maximum atomic E-state index is 13.2. The summed E-state index contributed by atoms with van der Waals surface area (Å²) in [5, 5.41) is 0.361. The van der Waals surface area contributed by atoms with Crippen molar-refractivity contribution in [2.24, 2.45) is 0 Å². The minimum atomic E-state index is -0.734. The highest BCUT2D eigenvalue weighted by Gasteiger charge is 2.25. The number of nitrogens with two attached hydrogens (primary N) is 1. The number of benzene rings is 2. The van der Waals surface area contributed by atoms with E-state index in [9.17, 15) is 14.4 Å². The summed E-state index contributed by atoms with van der Waals surface area (Å²) in [4.78, 5) is 41.8. The first kappa shape index (κ1) is 23.1. The molecule has 0 aliphatic carbocycles. The van der Waals surface area contributed by atoms with Gasteiger partial charge in [0, 0.05) is 6.54 Å². The van der Waals surface area contributed by atoms with Crippen LogP contribution in [0.2, 0.25) is 5.02 Å². The highest BCUT2D eigenvalue weighted by atomic mass is 35.5. The fraction of sp³-hybridized carbons (Fsp3) is 0.261. The molecule has 8 nitrogen and oxygen atoms in total. The zero-order chi connectivity index (χ0) is 23.1. The molecular weight excluding hydrogens is 432 g/mol. The normalized spacial score (nSPS) is 10.7. The number of carbonyl (C=O) groups is 1. The van der Waals surface area contributed by atoms with Crippen molar-refractivity contribution >= 4 is 29.0 Å². The number of aromatic nitrogens is 2. The number of hydrogen-bond acceptors (Lipinski definition) is 5. The van der Waals surface area contributed by atoms with E-state index in [2.05, 4.69) is 4.98 Å². The quantitative estimate of drug-likeness (QED) is 0.513. The van der Waals surface area contributed by atoms with Gasteiger partial charge in [-0.3, -0.25) is 24.0 Å². The molecule has 0 radical (unpaired) electrons. The molecule has 168 valence electrons. The highest BCUT2D eigenvalue weighted by Crippen LogP contribution is 2.24. The summed E-state index contributed by atoms with van der Waals surface area (Å²) in [6, 6.07) is 15.9. The average Bonchev–Trinajstić information content (AvgIpc) is 2.78. The van der Waals surface area contributed by atoms with Gasteiger partial charge in [0.25, 0.3) is 11.5 Å². The van der Waals surface area contributed by atoms with E-state index in [1.807, 2.05) is 37.3 Å². The Morgan fingerprint density at radius 1 is 1.12 bits per heavy atom. The zero-order valence-electron chi connectivity index (χ0n) is 17.7. The van der Waals surface area contributed by atoms with Gasteiger partial charge in [-0.25, -0.2) is 4.79 Å². The molecular formula is C23H25ClN4O4. The maximum Gasteiger partial charge on any atom is 0.330 e. The number of carbonyl (C=O) groups excluding carboxylic acids is 1. The number of unbranched alkanes of at least 4 members (excludes halogenated alkanes) is 1. The second kappa shape index (κ2) is 10.7. The van der Waals surface area contributed by atoms with Crippen LogP contribution >= 0.6 is 11.6 Å². The number of H-pyrrole nitrogens is 1. The number of amides is 1. The Morgan fingerprint density at radius 3 is 2.50 bits per heavy atom. The lowest BCUT2D eigenvalue weighted by Gasteiger charge is -2.25. The number of hydrogen-bond donors (Lipinski definition) is 2. The van der Waals surface area contributed by atoms with Crippen molar-refractivity contribution < 1.29 is 9.53 Å². The van der Waals surface area contributed by atoms with Gasteiger partial charge in [-0.2, -0.15) is 0 Å². The number of aromatic amines is 1. The summed E-state index contributed by atoms with van der Waals surface area (Å²) >= 11 is 6.11. The first-order valence-electron chi connectivity index (χ1n) is 10.3. The minimum absolute atomic E-state index is 0.0609. The Labute approximate surface area is 190 Å². The Hall–Kier alpha value is -3.52. The second-order valence-electron chi connectivity index (χ2n) is 7.18. The van der Waals surface area contributed by atoms with E-state index in [1.165, 1.54) is 9.47 Å². The third-order valence-corrected chi connectivity index (χ3v) is 5.20. The number of nitrogens with zero attached hydrogens (tertiary/aromatic N) is 2. The summed E-state index contributed by atoms with van der Waals surface area (Å²) in [7, 11) is 0. The Kier molecular flexibility index (Phi) is 7.72. The predicted octanol–water partition coefficient (Wildman–Crippen LogP) is 3.18. The Balaban J connectivity index is 1.99. The number of ether oxygens (including phenoxy) is 1. The number of nitrogens with one attached hydrogen (secondary N) is 1. The van der Waals surface area contributed by atoms with Crippen molar-refractivity contribution in [2.45, 2.75) is 32.9 Å². The SMILES string of the molecule is CCCCn1c(N)c(N(Cc2ccccc2)C(=O)COc2ccccc2Cl)c(=O)[nH]c1=O. The zero-order valence-corrected chi connectivity index (χ0v) is 18.5. The van der Waals surface area contributed by atoms with Gasteiger partial charge in [0.1, 0.15) is 11.6 Å². The lowest BCUT2D eigenvalue weighted by Crippen LogP contribution is -2.42. The van der Waals surface area contributed by atoms with E-state index in [-0.39, 0.29) is 24.7 Å². The van der Waals surface area contributed by atoms with E-state index < -0.39 is 17.2 Å². The van der Waals surface area contributed by atoms with Crippen LogP contribution in [0.15, 0.2) is 64.2 Å². The van der Waals surface area contributed by atoms with Crippen LogP contribution in [-0.2, 0) is 17.9 Å². The van der Waals surface area contributed by atoms with Crippen LogP contribution in [0, 0.1) is 0 Å². The average molecular weight is 457 g/mol. The molecule has 1 heterocycles. The number of para-hydroxylation sites is 1. The van der Waals surface area contributed by atoms with E-state index in [4.69, 9.17) is 22.1 Å². The van der Waals surface area contributed by atoms with Crippen LogP contribution in [0.5, 0.6) is 5.75 Å². The van der Waals surface area contributed by atoms with Crippen LogP contribution in [0.1, 0.15) is 25.3 Å². The van der Waals surface area contributed by atoms with Crippen molar-refractivity contribution in [3.05, 3.63) is 86.0 Å². The summed E-state index contributed by atoms with van der Waals surface area (Å²) in [5.74, 6) is -0.224. The summed E-state index contributed by atoms with van der Waals surface area (Å²) in [5.41, 5.74) is 5.59. The molecule has 1 aromatic heterocycles. The third-order valence-electron chi connectivity index (χ3n) is 4.89. The lowest BCUT2D eigenvalue weighted by atomic mass is 10.2. The predicted molar refractivity (Wildman–Crippen MR) is 125 cm³/mol. The maximum absolute atomic E-state index is 13.2. The molecule has 1 amide bonds. The molecule has 0 atom stereocenters. The highest BCUT2D eigenvalue weighted by molar-refractivity contribution is 6.32. The van der Waals surface area contributed by atoms with Crippen LogP contribution < -0.4 is 26.6 Å². The standard InChI is InChI=1S/C23H25ClN4O4/c1-2-3-13-27-21(25)20(22(30)26-23(27)31)28(14-16-9-5-4-6-10-16)19(29)15-32-18-12-8-7-11-17(18)24/h4-12H,2-3,13-15,25H2,1H3,(H,26,30,31).